The summed E-state index contributed by atoms with van der Waals surface area (Å²) in [5, 5.41) is 3.12. The molecule has 1 aromatic carbocycles. The zero-order valence-corrected chi connectivity index (χ0v) is 15.9. The Labute approximate surface area is 154 Å². The number of nitrogens with two attached hydrogens (primary N) is 1. The highest BCUT2D eigenvalue weighted by molar-refractivity contribution is 14.0. The second kappa shape index (κ2) is 10.1. The van der Waals surface area contributed by atoms with Gasteiger partial charge in [0.15, 0.2) is 5.96 Å². The van der Waals surface area contributed by atoms with Crippen molar-refractivity contribution >= 4 is 29.9 Å². The lowest BCUT2D eigenvalue weighted by Gasteiger charge is -2.06. The van der Waals surface area contributed by atoms with Gasteiger partial charge in [-0.2, -0.15) is 0 Å². The van der Waals surface area contributed by atoms with Crippen molar-refractivity contribution in [2.24, 2.45) is 17.8 Å². The summed E-state index contributed by atoms with van der Waals surface area (Å²) < 4.78 is 7.12. The first-order valence-electron chi connectivity index (χ1n) is 7.32. The summed E-state index contributed by atoms with van der Waals surface area (Å²) in [7, 11) is 3.64. The molecule has 0 fully saturated rings. The molecule has 0 aliphatic rings. The van der Waals surface area contributed by atoms with Gasteiger partial charge in [-0.15, -0.1) is 24.0 Å². The van der Waals surface area contributed by atoms with Gasteiger partial charge in [0.1, 0.15) is 11.6 Å². The molecular formula is C16H24IN5O. The van der Waals surface area contributed by atoms with E-state index in [1.165, 1.54) is 5.56 Å². The third-order valence-corrected chi connectivity index (χ3v) is 3.42. The molecule has 2 aromatic rings. The summed E-state index contributed by atoms with van der Waals surface area (Å²) in [4.78, 5) is 8.56. The maximum Gasteiger partial charge on any atom is 0.188 e. The zero-order valence-electron chi connectivity index (χ0n) is 13.5. The molecule has 0 saturated carbocycles. The molecule has 0 unspecified atom stereocenters. The molecule has 0 saturated heterocycles. The van der Waals surface area contributed by atoms with Gasteiger partial charge in [-0.05, 0) is 24.1 Å². The number of aromatic nitrogens is 2. The Morgan fingerprint density at radius 2 is 2.04 bits per heavy atom. The molecule has 7 heteroatoms. The molecule has 126 valence electrons. The van der Waals surface area contributed by atoms with E-state index in [1.807, 2.05) is 29.9 Å². The van der Waals surface area contributed by atoms with Crippen LogP contribution in [0.4, 0.5) is 0 Å². The van der Waals surface area contributed by atoms with Crippen molar-refractivity contribution in [3.05, 3.63) is 48.0 Å². The summed E-state index contributed by atoms with van der Waals surface area (Å²) in [6.07, 6.45) is 5.38. The minimum Gasteiger partial charge on any atom is -0.497 e. The van der Waals surface area contributed by atoms with Crippen LogP contribution in [0.1, 0.15) is 11.4 Å². The predicted octanol–water partition coefficient (Wildman–Crippen LogP) is 1.74. The van der Waals surface area contributed by atoms with Crippen molar-refractivity contribution < 1.29 is 4.74 Å². The van der Waals surface area contributed by atoms with Gasteiger partial charge in [-0.3, -0.25) is 4.99 Å². The number of methoxy groups -OCH3 is 1. The van der Waals surface area contributed by atoms with Crippen molar-refractivity contribution in [3.63, 3.8) is 0 Å². The van der Waals surface area contributed by atoms with E-state index in [2.05, 4.69) is 27.4 Å². The lowest BCUT2D eigenvalue weighted by Crippen LogP contribution is -2.33. The summed E-state index contributed by atoms with van der Waals surface area (Å²) in [5.74, 6) is 2.35. The molecule has 0 spiro atoms. The lowest BCUT2D eigenvalue weighted by atomic mass is 10.1. The van der Waals surface area contributed by atoms with Gasteiger partial charge in [-0.25, -0.2) is 4.98 Å². The number of benzene rings is 1. The first-order valence-corrected chi connectivity index (χ1v) is 7.32. The Bertz CT molecular complexity index is 609. The first-order chi connectivity index (χ1) is 10.7. The van der Waals surface area contributed by atoms with Crippen LogP contribution in [0.15, 0.2) is 41.7 Å². The number of hydrogen-bond donors (Lipinski definition) is 2. The van der Waals surface area contributed by atoms with E-state index in [0.717, 1.165) is 31.0 Å². The molecule has 3 N–H and O–H groups in total. The van der Waals surface area contributed by atoms with Crippen LogP contribution in [-0.4, -0.2) is 35.7 Å². The van der Waals surface area contributed by atoms with E-state index in [-0.39, 0.29) is 24.0 Å². The maximum absolute atomic E-state index is 5.85. The van der Waals surface area contributed by atoms with Crippen LogP contribution in [0, 0.1) is 0 Å². The molecule has 2 rings (SSSR count). The van der Waals surface area contributed by atoms with Crippen LogP contribution >= 0.6 is 24.0 Å². The Balaban J connectivity index is 0.00000264. The SMILES string of the molecule is COc1ccc(CCNC(N)=NCCc2nccn2C)cc1.I. The summed E-state index contributed by atoms with van der Waals surface area (Å²) in [5.41, 5.74) is 7.08. The van der Waals surface area contributed by atoms with Gasteiger partial charge in [0.25, 0.3) is 0 Å². The number of guanidine groups is 1. The summed E-state index contributed by atoms with van der Waals surface area (Å²) >= 11 is 0. The quantitative estimate of drug-likeness (QED) is 0.400. The Morgan fingerprint density at radius 3 is 2.65 bits per heavy atom. The topological polar surface area (TPSA) is 77.5 Å². The Morgan fingerprint density at radius 1 is 1.30 bits per heavy atom. The van der Waals surface area contributed by atoms with Crippen molar-refractivity contribution in [1.82, 2.24) is 14.9 Å². The second-order valence-electron chi connectivity index (χ2n) is 5.00. The molecule has 1 heterocycles. The average Bonchev–Trinajstić information content (AvgIpc) is 2.93. The fourth-order valence-electron chi connectivity index (χ4n) is 2.10. The molecule has 0 aliphatic carbocycles. The van der Waals surface area contributed by atoms with Crippen LogP contribution in [0.2, 0.25) is 0 Å². The Kier molecular flexibility index (Phi) is 8.46. The number of aryl methyl sites for hydroxylation is 1. The van der Waals surface area contributed by atoms with E-state index >= 15 is 0 Å². The Hall–Kier alpha value is -1.77. The molecule has 23 heavy (non-hydrogen) atoms. The largest absolute Gasteiger partial charge is 0.497 e. The molecule has 0 aliphatic heterocycles. The third kappa shape index (κ3) is 6.47. The number of halogens is 1. The number of imidazole rings is 1. The van der Waals surface area contributed by atoms with Gasteiger partial charge < -0.3 is 20.4 Å². The molecule has 0 radical (unpaired) electrons. The number of nitrogens with zero attached hydrogens (tertiary/aromatic N) is 3. The maximum atomic E-state index is 5.85. The van der Waals surface area contributed by atoms with Gasteiger partial charge in [-0.1, -0.05) is 12.1 Å². The van der Waals surface area contributed by atoms with Gasteiger partial charge in [0, 0.05) is 39.0 Å². The van der Waals surface area contributed by atoms with Crippen LogP contribution in [0.3, 0.4) is 0 Å². The number of nitrogens with one attached hydrogen (secondary N) is 1. The molecule has 6 nitrogen and oxygen atoms in total. The average molecular weight is 429 g/mol. The summed E-state index contributed by atoms with van der Waals surface area (Å²) in [6, 6.07) is 8.02. The number of aliphatic imine (C=N–C) groups is 1. The van der Waals surface area contributed by atoms with Gasteiger partial charge in [0.2, 0.25) is 0 Å². The number of ether oxygens (including phenoxy) is 1. The minimum atomic E-state index is 0. The van der Waals surface area contributed by atoms with Crippen molar-refractivity contribution in [2.45, 2.75) is 12.8 Å². The van der Waals surface area contributed by atoms with E-state index < -0.39 is 0 Å². The van der Waals surface area contributed by atoms with E-state index in [1.54, 1.807) is 13.3 Å². The molecule has 0 atom stereocenters. The zero-order chi connectivity index (χ0) is 15.8. The van der Waals surface area contributed by atoms with Crippen LogP contribution in [0.25, 0.3) is 0 Å². The molecule has 0 bridgehead atoms. The standard InChI is InChI=1S/C16H23N5O.HI/c1-21-12-11-18-15(21)8-10-20-16(17)19-9-7-13-3-5-14(22-2)6-4-13;/h3-6,11-12H,7-10H2,1-2H3,(H3,17,19,20);1H. The van der Waals surface area contributed by atoms with Crippen LogP contribution in [0.5, 0.6) is 5.75 Å². The highest BCUT2D eigenvalue weighted by Crippen LogP contribution is 2.11. The minimum absolute atomic E-state index is 0. The molecule has 0 amide bonds. The molecular weight excluding hydrogens is 405 g/mol. The van der Waals surface area contributed by atoms with Crippen molar-refractivity contribution in [2.75, 3.05) is 20.2 Å². The van der Waals surface area contributed by atoms with E-state index in [0.29, 0.717) is 12.5 Å². The molecule has 1 aromatic heterocycles. The monoisotopic (exact) mass is 429 g/mol. The van der Waals surface area contributed by atoms with Crippen molar-refractivity contribution in [3.8, 4) is 5.75 Å². The normalized spacial score (nSPS) is 11.0. The van der Waals surface area contributed by atoms with Crippen LogP contribution < -0.4 is 15.8 Å². The van der Waals surface area contributed by atoms with Crippen LogP contribution in [-0.2, 0) is 19.9 Å². The lowest BCUT2D eigenvalue weighted by molar-refractivity contribution is 0.414. The van der Waals surface area contributed by atoms with E-state index in [4.69, 9.17) is 10.5 Å². The number of hydrogen-bond acceptors (Lipinski definition) is 3. The van der Waals surface area contributed by atoms with Crippen molar-refractivity contribution in [1.29, 1.82) is 0 Å². The fourth-order valence-corrected chi connectivity index (χ4v) is 2.10. The van der Waals surface area contributed by atoms with Gasteiger partial charge >= 0.3 is 0 Å². The highest BCUT2D eigenvalue weighted by Gasteiger charge is 1.99. The van der Waals surface area contributed by atoms with Gasteiger partial charge in [0.05, 0.1) is 7.11 Å². The second-order valence-corrected chi connectivity index (χ2v) is 5.00. The smallest absolute Gasteiger partial charge is 0.188 e. The first kappa shape index (κ1) is 19.3. The number of rotatable bonds is 7. The van der Waals surface area contributed by atoms with E-state index in [9.17, 15) is 0 Å². The highest BCUT2D eigenvalue weighted by atomic mass is 127. The fraction of sp³-hybridized carbons (Fsp3) is 0.375. The summed E-state index contributed by atoms with van der Waals surface area (Å²) in [6.45, 7) is 1.39. The third-order valence-electron chi connectivity index (χ3n) is 3.42. The predicted molar refractivity (Wildman–Crippen MR) is 104 cm³/mol.